The number of nitrogens with zero attached hydrogens (tertiary/aromatic N) is 2. The normalized spacial score (nSPS) is 19.3. The summed E-state index contributed by atoms with van der Waals surface area (Å²) in [4.78, 5) is 26.3. The van der Waals surface area contributed by atoms with Crippen LogP contribution in [0.5, 0.6) is 0 Å². The summed E-state index contributed by atoms with van der Waals surface area (Å²) >= 11 is 0. The first-order valence-electron chi connectivity index (χ1n) is 7.87. The molecule has 27 heavy (non-hydrogen) atoms. The van der Waals surface area contributed by atoms with E-state index < -0.39 is 7.81 Å². The van der Waals surface area contributed by atoms with E-state index in [9.17, 15) is 34.8 Å². The van der Waals surface area contributed by atoms with Crippen LogP contribution in [0.15, 0.2) is 0 Å². The third-order valence-corrected chi connectivity index (χ3v) is 3.35. The molecule has 2 fully saturated rings. The number of hydrogen-bond donors (Lipinski definition) is 1. The molecule has 0 spiro atoms. The maximum Gasteiger partial charge on any atom is 1.00 e. The summed E-state index contributed by atoms with van der Waals surface area (Å²) in [7, 11) is -9.66. The molecule has 0 bridgehead atoms. The van der Waals surface area contributed by atoms with Gasteiger partial charge in [0.1, 0.15) is 0 Å². The van der Waals surface area contributed by atoms with Gasteiger partial charge in [0.25, 0.3) is 0 Å². The molecule has 2 saturated heterocycles. The number of likely N-dealkylation sites (tertiary alicyclic amines) is 2. The molecular weight excluding hydrogens is 416 g/mol. The van der Waals surface area contributed by atoms with Gasteiger partial charge in [-0.1, -0.05) is 0 Å². The summed E-state index contributed by atoms with van der Waals surface area (Å²) in [5.41, 5.74) is 0. The third-order valence-electron chi connectivity index (χ3n) is 3.35. The van der Waals surface area contributed by atoms with E-state index in [0.717, 1.165) is 33.0 Å². The quantitative estimate of drug-likeness (QED) is 0.278. The van der Waals surface area contributed by atoms with Crippen LogP contribution in [0.25, 0.3) is 0 Å². The second kappa shape index (κ2) is 11.2. The molecule has 2 rings (SSSR count). The van der Waals surface area contributed by atoms with Crippen molar-refractivity contribution in [3.8, 4) is 0 Å². The van der Waals surface area contributed by atoms with Crippen LogP contribution in [0.3, 0.4) is 0 Å². The van der Waals surface area contributed by atoms with Crippen molar-refractivity contribution in [3.05, 3.63) is 0 Å². The molecule has 14 heteroatoms. The summed E-state index contributed by atoms with van der Waals surface area (Å²) in [5, 5.41) is 7.00. The Morgan fingerprint density at radius 1 is 0.852 bits per heavy atom. The van der Waals surface area contributed by atoms with Gasteiger partial charge in [-0.15, -0.1) is 0 Å². The summed E-state index contributed by atoms with van der Waals surface area (Å²) in [6.45, 7) is 4.26. The van der Waals surface area contributed by atoms with Crippen molar-refractivity contribution in [2.75, 3.05) is 46.5 Å². The molecule has 6 nitrogen and oxygen atoms in total. The van der Waals surface area contributed by atoms with Gasteiger partial charge in [0.2, 0.25) is 11.8 Å². The number of carbonyl (C=O) groups excluding carboxylic acids is 2. The van der Waals surface area contributed by atoms with Crippen molar-refractivity contribution < 1.29 is 74.2 Å². The maximum absolute atomic E-state index is 11.3. The predicted octanol–water partition coefficient (Wildman–Crippen LogP) is 0.243. The molecule has 2 aliphatic rings. The Morgan fingerprint density at radius 2 is 1.15 bits per heavy atom. The molecule has 158 valence electrons. The maximum atomic E-state index is 11.3. The molecule has 0 aliphatic carbocycles. The Labute approximate surface area is 175 Å². The van der Waals surface area contributed by atoms with Crippen LogP contribution >= 0.6 is 7.81 Å². The zero-order valence-corrected chi connectivity index (χ0v) is 18.2. The molecule has 0 aromatic carbocycles. The van der Waals surface area contributed by atoms with Crippen LogP contribution < -0.4 is 29.6 Å². The molecular formula is C13H24F6N2NaO4P. The van der Waals surface area contributed by atoms with Crippen LogP contribution in [0.4, 0.5) is 25.2 Å². The van der Waals surface area contributed by atoms with Crippen molar-refractivity contribution in [1.82, 2.24) is 9.80 Å². The number of aliphatic hydroxyl groups excluding tert-OH is 1. The van der Waals surface area contributed by atoms with Crippen LogP contribution in [0.2, 0.25) is 0 Å². The van der Waals surface area contributed by atoms with Crippen molar-refractivity contribution in [3.63, 3.8) is 0 Å². The Kier molecular flexibility index (Phi) is 12.0. The second-order valence-corrected chi connectivity index (χ2v) is 7.46. The van der Waals surface area contributed by atoms with E-state index in [1.165, 1.54) is 0 Å². The van der Waals surface area contributed by atoms with E-state index in [2.05, 4.69) is 0 Å². The van der Waals surface area contributed by atoms with E-state index in [-0.39, 0.29) is 41.4 Å². The molecule has 1 N–H and O–H groups in total. The first-order valence-corrected chi connectivity index (χ1v) is 9.89. The van der Waals surface area contributed by atoms with Crippen molar-refractivity contribution in [1.29, 1.82) is 0 Å². The van der Waals surface area contributed by atoms with Gasteiger partial charge in [-0.25, -0.2) is 0 Å². The van der Waals surface area contributed by atoms with Crippen molar-refractivity contribution >= 4 is 19.6 Å². The van der Waals surface area contributed by atoms with E-state index in [0.29, 0.717) is 39.1 Å². The van der Waals surface area contributed by atoms with E-state index in [4.69, 9.17) is 9.84 Å². The van der Waals surface area contributed by atoms with Crippen LogP contribution in [0, 0.1) is 0 Å². The monoisotopic (exact) mass is 440 g/mol. The molecule has 0 radical (unpaired) electrons. The number of aliphatic hydroxyl groups is 1. The van der Waals surface area contributed by atoms with E-state index in [1.54, 1.807) is 0 Å². The first kappa shape index (κ1) is 29.1. The van der Waals surface area contributed by atoms with Crippen LogP contribution in [-0.2, 0) is 14.3 Å². The number of rotatable bonds is 6. The molecule has 2 amide bonds. The Morgan fingerprint density at radius 3 is 1.37 bits per heavy atom. The molecule has 0 aromatic rings. The second-order valence-electron chi connectivity index (χ2n) is 5.54. The largest absolute Gasteiger partial charge is 1.00 e. The fraction of sp³-hybridized carbons (Fsp3) is 0.846. The topological polar surface area (TPSA) is 70.1 Å². The van der Waals surface area contributed by atoms with Gasteiger partial charge in [-0.05, 0) is 12.8 Å². The minimum Gasteiger partial charge on any atom is -0.378 e. The summed E-state index contributed by atoms with van der Waals surface area (Å²) in [6, 6.07) is 0. The van der Waals surface area contributed by atoms with Gasteiger partial charge in [-0.2, -0.15) is 0 Å². The molecule has 0 aromatic heterocycles. The van der Waals surface area contributed by atoms with Crippen molar-refractivity contribution in [2.45, 2.75) is 25.7 Å². The Hall–Kier alpha value is -0.130. The third kappa shape index (κ3) is 19.0. The number of halogens is 6. The van der Waals surface area contributed by atoms with E-state index >= 15 is 0 Å². The van der Waals surface area contributed by atoms with Gasteiger partial charge >= 0.3 is 62.5 Å². The predicted molar refractivity (Wildman–Crippen MR) is 84.2 cm³/mol. The fourth-order valence-electron chi connectivity index (χ4n) is 2.33. The average molecular weight is 440 g/mol. The fourth-order valence-corrected chi connectivity index (χ4v) is 2.33. The Bertz CT molecular complexity index is 441. The van der Waals surface area contributed by atoms with Crippen LogP contribution in [-0.4, -0.2) is 73.2 Å². The average Bonchev–Trinajstić information content (AvgIpc) is 3.07. The number of ether oxygens (including phenoxy) is 1. The minimum absolute atomic E-state index is 0. The van der Waals surface area contributed by atoms with Gasteiger partial charge in [0, 0.05) is 46.1 Å². The van der Waals surface area contributed by atoms with Gasteiger partial charge < -0.3 is 19.6 Å². The Balaban J connectivity index is 0. The standard InChI is InChI=1S/C12H20N2O3.CH4O.F6P.Na/c15-11-3-1-5-13(11)7-9-17-10-8-14-6-2-4-12(14)16;1-2;1-7(2,3,4,5)6;/h1-10H2;2H,1H3;;/q;;-1;+1. The molecule has 0 saturated carbocycles. The van der Waals surface area contributed by atoms with Crippen molar-refractivity contribution in [2.24, 2.45) is 0 Å². The smallest absolute Gasteiger partial charge is 0.378 e. The molecule has 2 heterocycles. The first-order chi connectivity index (χ1) is 11.7. The summed E-state index contributed by atoms with van der Waals surface area (Å²) in [5.74, 6) is 0.478. The minimum atomic E-state index is -10.7. The summed E-state index contributed by atoms with van der Waals surface area (Å²) < 4.78 is 64.7. The van der Waals surface area contributed by atoms with E-state index in [1.807, 2.05) is 9.80 Å². The zero-order valence-electron chi connectivity index (χ0n) is 15.4. The zero-order chi connectivity index (χ0) is 20.5. The molecule has 2 aliphatic heterocycles. The number of amides is 2. The van der Waals surface area contributed by atoms with Crippen LogP contribution in [0.1, 0.15) is 25.7 Å². The number of carbonyl (C=O) groups is 2. The van der Waals surface area contributed by atoms with Gasteiger partial charge in [-0.3, -0.25) is 9.59 Å². The summed E-state index contributed by atoms with van der Waals surface area (Å²) in [6.07, 6.45) is 3.31. The van der Waals surface area contributed by atoms with Gasteiger partial charge in [0.15, 0.2) is 0 Å². The SMILES string of the molecule is CO.F[P-](F)(F)(F)(F)F.O=C1CCCN1CCOCCN1CCCC1=O.[Na+]. The molecule has 0 unspecified atom stereocenters. The van der Waals surface area contributed by atoms with Gasteiger partial charge in [0.05, 0.1) is 13.2 Å². The number of hydrogen-bond acceptors (Lipinski definition) is 4. The molecule has 0 atom stereocenters.